The molecule has 0 saturated heterocycles. The van der Waals surface area contributed by atoms with E-state index in [1.54, 1.807) is 6.07 Å². The molecule has 18 heavy (non-hydrogen) atoms. The fraction of sp³-hybridized carbons (Fsp3) is 0.538. The average Bonchev–Trinajstić information content (AvgIpc) is 2.34. The van der Waals surface area contributed by atoms with E-state index in [2.05, 4.69) is 4.90 Å². The van der Waals surface area contributed by atoms with Gasteiger partial charge in [-0.15, -0.1) is 0 Å². The molecule has 102 valence electrons. The second kappa shape index (κ2) is 6.20. The van der Waals surface area contributed by atoms with E-state index in [1.165, 1.54) is 6.07 Å². The highest BCUT2D eigenvalue weighted by Crippen LogP contribution is 2.30. The van der Waals surface area contributed by atoms with E-state index in [-0.39, 0.29) is 0 Å². The van der Waals surface area contributed by atoms with Gasteiger partial charge in [-0.2, -0.15) is 13.2 Å². The highest BCUT2D eigenvalue weighted by atomic mass is 19.4. The summed E-state index contributed by atoms with van der Waals surface area (Å²) in [5.74, 6) is 0. The summed E-state index contributed by atoms with van der Waals surface area (Å²) >= 11 is 0. The van der Waals surface area contributed by atoms with E-state index in [0.29, 0.717) is 12.1 Å². The molecular weight excluding hydrogens is 241 g/mol. The van der Waals surface area contributed by atoms with E-state index >= 15 is 0 Å². The lowest BCUT2D eigenvalue weighted by Gasteiger charge is -2.23. The molecule has 0 aliphatic carbocycles. The van der Waals surface area contributed by atoms with Gasteiger partial charge in [0.1, 0.15) is 0 Å². The number of alkyl halides is 3. The summed E-state index contributed by atoms with van der Waals surface area (Å²) in [7, 11) is 0. The van der Waals surface area contributed by atoms with Gasteiger partial charge in [0.05, 0.1) is 5.56 Å². The maximum absolute atomic E-state index is 12.6. The quantitative estimate of drug-likeness (QED) is 0.881. The number of rotatable bonds is 5. The summed E-state index contributed by atoms with van der Waals surface area (Å²) in [5, 5.41) is 0. The molecular formula is C13H19F3N2. The summed E-state index contributed by atoms with van der Waals surface area (Å²) in [5.41, 5.74) is 5.83. The van der Waals surface area contributed by atoms with Crippen molar-refractivity contribution in [3.05, 3.63) is 35.4 Å². The molecule has 2 N–H and O–H groups in total. The Morgan fingerprint density at radius 2 is 1.83 bits per heavy atom. The maximum atomic E-state index is 12.6. The number of hydrogen-bond acceptors (Lipinski definition) is 2. The van der Waals surface area contributed by atoms with Crippen molar-refractivity contribution in [3.8, 4) is 0 Å². The van der Waals surface area contributed by atoms with Crippen molar-refractivity contribution < 1.29 is 13.2 Å². The van der Waals surface area contributed by atoms with Gasteiger partial charge in [0, 0.05) is 12.6 Å². The van der Waals surface area contributed by atoms with Crippen LogP contribution in [0, 0.1) is 0 Å². The van der Waals surface area contributed by atoms with E-state index in [1.807, 2.05) is 13.8 Å². The summed E-state index contributed by atoms with van der Waals surface area (Å²) < 4.78 is 37.7. The molecule has 1 aromatic rings. The van der Waals surface area contributed by atoms with Gasteiger partial charge in [-0.3, -0.25) is 0 Å². The zero-order chi connectivity index (χ0) is 13.8. The molecule has 5 heteroatoms. The molecule has 0 spiro atoms. The normalized spacial score (nSPS) is 13.9. The van der Waals surface area contributed by atoms with E-state index < -0.39 is 17.8 Å². The predicted octanol–water partition coefficient (Wildman–Crippen LogP) is 3.05. The van der Waals surface area contributed by atoms with Crippen LogP contribution in [0.2, 0.25) is 0 Å². The summed E-state index contributed by atoms with van der Waals surface area (Å²) in [6, 6.07) is 4.85. The zero-order valence-electron chi connectivity index (χ0n) is 10.7. The van der Waals surface area contributed by atoms with Gasteiger partial charge in [-0.05, 0) is 30.8 Å². The Morgan fingerprint density at radius 3 is 2.33 bits per heavy atom. The Morgan fingerprint density at radius 1 is 1.22 bits per heavy atom. The molecule has 0 aliphatic rings. The third-order valence-corrected chi connectivity index (χ3v) is 2.99. The fourth-order valence-electron chi connectivity index (χ4n) is 1.81. The summed E-state index contributed by atoms with van der Waals surface area (Å²) in [6.45, 7) is 6.24. The number of nitrogens with zero attached hydrogens (tertiary/aromatic N) is 1. The van der Waals surface area contributed by atoms with Gasteiger partial charge >= 0.3 is 6.18 Å². The van der Waals surface area contributed by atoms with Gasteiger partial charge < -0.3 is 10.6 Å². The number of likely N-dealkylation sites (N-methyl/N-ethyl adjacent to an activating group) is 1. The smallest absolute Gasteiger partial charge is 0.323 e. The minimum atomic E-state index is -4.31. The van der Waals surface area contributed by atoms with Crippen LogP contribution < -0.4 is 5.73 Å². The molecule has 2 nitrogen and oxygen atoms in total. The van der Waals surface area contributed by atoms with Gasteiger partial charge in [0.25, 0.3) is 0 Å². The molecule has 1 rings (SSSR count). The summed E-state index contributed by atoms with van der Waals surface area (Å²) in [4.78, 5) is 2.09. The first kappa shape index (κ1) is 15.0. The highest BCUT2D eigenvalue weighted by Gasteiger charge is 2.30. The van der Waals surface area contributed by atoms with Crippen molar-refractivity contribution in [2.45, 2.75) is 26.1 Å². The van der Waals surface area contributed by atoms with Crippen LogP contribution in [0.15, 0.2) is 24.3 Å². The molecule has 0 aromatic heterocycles. The first-order valence-corrected chi connectivity index (χ1v) is 6.03. The molecule has 0 saturated carbocycles. The lowest BCUT2D eigenvalue weighted by atomic mass is 10.0. The van der Waals surface area contributed by atoms with Crippen LogP contribution in [0.25, 0.3) is 0 Å². The lowest BCUT2D eigenvalue weighted by molar-refractivity contribution is -0.137. The van der Waals surface area contributed by atoms with Crippen molar-refractivity contribution in [2.24, 2.45) is 5.73 Å². The summed E-state index contributed by atoms with van der Waals surface area (Å²) in [6.07, 6.45) is -4.31. The molecule has 0 heterocycles. The first-order valence-electron chi connectivity index (χ1n) is 6.03. The van der Waals surface area contributed by atoms with Crippen LogP contribution in [0.5, 0.6) is 0 Å². The second-order valence-corrected chi connectivity index (χ2v) is 4.22. The Hall–Kier alpha value is -1.07. The maximum Gasteiger partial charge on any atom is 0.416 e. The van der Waals surface area contributed by atoms with Crippen molar-refractivity contribution >= 4 is 0 Å². The first-order chi connectivity index (χ1) is 8.38. The Kier molecular flexibility index (Phi) is 5.16. The molecule has 1 aromatic carbocycles. The van der Waals surface area contributed by atoms with Crippen LogP contribution in [-0.2, 0) is 6.18 Å². The fourth-order valence-corrected chi connectivity index (χ4v) is 1.81. The predicted molar refractivity (Wildman–Crippen MR) is 66.2 cm³/mol. The molecule has 0 bridgehead atoms. The zero-order valence-corrected chi connectivity index (χ0v) is 10.7. The molecule has 0 radical (unpaired) electrons. The van der Waals surface area contributed by atoms with Crippen LogP contribution in [-0.4, -0.2) is 24.5 Å². The largest absolute Gasteiger partial charge is 0.416 e. The van der Waals surface area contributed by atoms with Gasteiger partial charge in [-0.1, -0.05) is 26.0 Å². The number of nitrogens with two attached hydrogens (primary N) is 1. The van der Waals surface area contributed by atoms with Crippen LogP contribution >= 0.6 is 0 Å². The molecule has 0 fully saturated rings. The Bertz CT molecular complexity index is 373. The average molecular weight is 260 g/mol. The Balaban J connectivity index is 2.83. The SMILES string of the molecule is CCN(CC)CC(N)c1cccc(C(F)(F)F)c1. The number of hydrogen-bond donors (Lipinski definition) is 1. The van der Waals surface area contributed by atoms with E-state index in [4.69, 9.17) is 5.73 Å². The highest BCUT2D eigenvalue weighted by molar-refractivity contribution is 5.28. The van der Waals surface area contributed by atoms with Gasteiger partial charge in [-0.25, -0.2) is 0 Å². The van der Waals surface area contributed by atoms with Crippen molar-refractivity contribution in [1.82, 2.24) is 4.90 Å². The van der Waals surface area contributed by atoms with Crippen molar-refractivity contribution in [3.63, 3.8) is 0 Å². The molecule has 1 atom stereocenters. The standard InChI is InChI=1S/C13H19F3N2/c1-3-18(4-2)9-12(17)10-6-5-7-11(8-10)13(14,15)16/h5-8,12H,3-4,9,17H2,1-2H3. The van der Waals surface area contributed by atoms with Crippen LogP contribution in [0.4, 0.5) is 13.2 Å². The minimum Gasteiger partial charge on any atom is -0.323 e. The van der Waals surface area contributed by atoms with Crippen molar-refractivity contribution in [2.75, 3.05) is 19.6 Å². The topological polar surface area (TPSA) is 29.3 Å². The monoisotopic (exact) mass is 260 g/mol. The Labute approximate surface area is 106 Å². The third-order valence-electron chi connectivity index (χ3n) is 2.99. The third kappa shape index (κ3) is 3.99. The van der Waals surface area contributed by atoms with Gasteiger partial charge in [0.15, 0.2) is 0 Å². The molecule has 1 unspecified atom stereocenters. The number of benzene rings is 1. The second-order valence-electron chi connectivity index (χ2n) is 4.22. The van der Waals surface area contributed by atoms with Gasteiger partial charge in [0.2, 0.25) is 0 Å². The number of halogens is 3. The van der Waals surface area contributed by atoms with Crippen LogP contribution in [0.3, 0.4) is 0 Å². The van der Waals surface area contributed by atoms with Crippen molar-refractivity contribution in [1.29, 1.82) is 0 Å². The van der Waals surface area contributed by atoms with E-state index in [9.17, 15) is 13.2 Å². The minimum absolute atomic E-state index is 0.396. The van der Waals surface area contributed by atoms with E-state index in [0.717, 1.165) is 25.2 Å². The lowest BCUT2D eigenvalue weighted by Crippen LogP contribution is -2.32. The molecule has 0 amide bonds. The van der Waals surface area contributed by atoms with Crippen LogP contribution in [0.1, 0.15) is 31.0 Å². The molecule has 0 aliphatic heterocycles.